The van der Waals surface area contributed by atoms with Crippen molar-refractivity contribution in [2.45, 2.75) is 89.8 Å². The molecule has 1 saturated heterocycles. The van der Waals surface area contributed by atoms with Gasteiger partial charge in [-0.15, -0.1) is 0 Å². The van der Waals surface area contributed by atoms with E-state index in [1.54, 1.807) is 149 Å². The molecule has 19 nitrogen and oxygen atoms in total. The lowest BCUT2D eigenvalue weighted by atomic mass is 9.99. The Labute approximate surface area is 440 Å². The van der Waals surface area contributed by atoms with Crippen molar-refractivity contribution < 1.29 is 52.6 Å². The Morgan fingerprint density at radius 1 is 0.474 bits per heavy atom. The van der Waals surface area contributed by atoms with Gasteiger partial charge in [-0.1, -0.05) is 137 Å². The average Bonchev–Trinajstić information content (AvgIpc) is 3.82. The fraction of sp³-hybridized carbons (Fsp3) is 0.316. The molecule has 0 spiro atoms. The number of H-pyrrole nitrogens is 1. The summed E-state index contributed by atoms with van der Waals surface area (Å²) in [6.45, 7) is 6.48. The number of aromatic amines is 1. The van der Waals surface area contributed by atoms with Gasteiger partial charge in [-0.2, -0.15) is 0 Å². The van der Waals surface area contributed by atoms with Crippen molar-refractivity contribution >= 4 is 76.3 Å². The number of hydrogen-bond donors (Lipinski definition) is 8. The minimum atomic E-state index is -1.70. The van der Waals surface area contributed by atoms with E-state index in [4.69, 9.17) is 9.47 Å². The second kappa shape index (κ2) is 27.4. The fourth-order valence-corrected chi connectivity index (χ4v) is 8.09. The van der Waals surface area contributed by atoms with Gasteiger partial charge in [0.2, 0.25) is 41.4 Å². The van der Waals surface area contributed by atoms with Gasteiger partial charge in [-0.25, -0.2) is 9.59 Å². The highest BCUT2D eigenvalue weighted by atomic mass is 16.5. The molecule has 1 aliphatic heterocycles. The number of carbonyl (C=O) groups excluding carboxylic acids is 9. The topological polar surface area (TPSA) is 272 Å². The molecule has 5 aromatic rings. The molecular weight excluding hydrogens is 973 g/mol. The summed E-state index contributed by atoms with van der Waals surface area (Å²) in [4.78, 5) is 130. The molecule has 7 atom stereocenters. The van der Waals surface area contributed by atoms with Crippen molar-refractivity contribution in [1.82, 2.24) is 42.2 Å². The maximum atomic E-state index is 14.7. The molecule has 398 valence electrons. The zero-order chi connectivity index (χ0) is 54.7. The summed E-state index contributed by atoms with van der Waals surface area (Å²) in [5.41, 5.74) is 3.26. The number of esters is 2. The Morgan fingerprint density at radius 2 is 0.882 bits per heavy atom. The molecule has 6 rings (SSSR count). The monoisotopic (exact) mass is 1040 g/mol. The smallest absolute Gasteiger partial charge is 0.330 e. The standard InChI is InChI=1S/C57H64N8O11/c1-34(2)49-56(73)61-43(29-39-21-13-8-14-22-39)53(70)65-50(35(3)4)57(74)63-46(33-76-48(67)28-26-38-19-11-7-12-20-38)55(72)60-44(30-40-31-58-42-24-16-15-23-41(40)42)52(69)62-45(54(71)59-36(5)51(68)64-49)32-75-47(66)27-25-37-17-9-6-10-18-37/h6-28,31,34-36,43-46,49-50,58H,29-30,32-33H2,1-5H3,(H,59,71)(H,60,72)(H,61,73)(H,62,69)(H,63,74)(H,64,68)(H,65,70)/b27-25+,28-26+/t36-,43+,44-,45+,46-,49-,50-/m1/s1. The van der Waals surface area contributed by atoms with E-state index in [9.17, 15) is 43.2 Å². The summed E-state index contributed by atoms with van der Waals surface area (Å²) < 4.78 is 11.0. The Hall–Kier alpha value is -8.87. The van der Waals surface area contributed by atoms with Crippen LogP contribution in [0.3, 0.4) is 0 Å². The Bertz CT molecular complexity index is 2910. The van der Waals surface area contributed by atoms with Gasteiger partial charge in [-0.3, -0.25) is 33.6 Å². The minimum Gasteiger partial charge on any atom is -0.460 e. The number of para-hydroxylation sites is 1. The first-order chi connectivity index (χ1) is 36.4. The predicted octanol–water partition coefficient (Wildman–Crippen LogP) is 3.21. The van der Waals surface area contributed by atoms with E-state index < -0.39 is 121 Å². The molecule has 0 radical (unpaired) electrons. The predicted molar refractivity (Wildman–Crippen MR) is 284 cm³/mol. The van der Waals surface area contributed by atoms with E-state index in [0.717, 1.165) is 12.2 Å². The number of hydrogen-bond acceptors (Lipinski definition) is 11. The first-order valence-corrected chi connectivity index (χ1v) is 25.0. The molecule has 4 aromatic carbocycles. The van der Waals surface area contributed by atoms with Crippen LogP contribution in [0.5, 0.6) is 0 Å². The van der Waals surface area contributed by atoms with Crippen LogP contribution >= 0.6 is 0 Å². The molecule has 0 bridgehead atoms. The number of rotatable bonds is 14. The average molecular weight is 1040 g/mol. The lowest BCUT2D eigenvalue weighted by Gasteiger charge is -2.29. The molecule has 8 N–H and O–H groups in total. The largest absolute Gasteiger partial charge is 0.460 e. The van der Waals surface area contributed by atoms with Crippen molar-refractivity contribution in [1.29, 1.82) is 0 Å². The third-order valence-electron chi connectivity index (χ3n) is 12.4. The SMILES string of the molecule is CC(C)[C@H]1NC(=O)[C@H](Cc2ccccc2)NC(=O)[C@@H](C(C)C)NC(=O)[C@@H](C)NC(=O)[C@H](COC(=O)/C=C/c2ccccc2)NC(=O)[C@@H](Cc2c[nH]c3ccccc23)NC(=O)[C@@H](COC(=O)/C=C/c2ccccc2)NC1=O. The third kappa shape index (κ3) is 16.6. The van der Waals surface area contributed by atoms with E-state index in [0.29, 0.717) is 33.2 Å². The van der Waals surface area contributed by atoms with Crippen LogP contribution in [0.1, 0.15) is 56.9 Å². The molecular formula is C57H64N8O11. The molecule has 7 amide bonds. The Morgan fingerprint density at radius 3 is 1.42 bits per heavy atom. The highest BCUT2D eigenvalue weighted by Crippen LogP contribution is 2.20. The number of ether oxygens (including phenoxy) is 2. The Kier molecular flexibility index (Phi) is 20.4. The van der Waals surface area contributed by atoms with Crippen molar-refractivity contribution in [3.05, 3.63) is 156 Å². The zero-order valence-corrected chi connectivity index (χ0v) is 42.9. The van der Waals surface area contributed by atoms with Crippen LogP contribution in [0.15, 0.2) is 134 Å². The molecule has 1 aliphatic rings. The summed E-state index contributed by atoms with van der Waals surface area (Å²) in [5, 5.41) is 19.2. The van der Waals surface area contributed by atoms with Gasteiger partial charge < -0.3 is 51.7 Å². The molecule has 76 heavy (non-hydrogen) atoms. The van der Waals surface area contributed by atoms with Crippen LogP contribution in [0.4, 0.5) is 0 Å². The lowest BCUT2D eigenvalue weighted by Crippen LogP contribution is -2.62. The molecule has 1 aromatic heterocycles. The van der Waals surface area contributed by atoms with Gasteiger partial charge in [0.05, 0.1) is 0 Å². The molecule has 19 heteroatoms. The molecule has 0 saturated carbocycles. The van der Waals surface area contributed by atoms with Crippen LogP contribution in [0, 0.1) is 11.8 Å². The Balaban J connectivity index is 1.40. The van der Waals surface area contributed by atoms with Gasteiger partial charge in [0, 0.05) is 42.1 Å². The van der Waals surface area contributed by atoms with Gasteiger partial charge >= 0.3 is 11.9 Å². The molecule has 1 fully saturated rings. The number of amides is 7. The zero-order valence-electron chi connectivity index (χ0n) is 42.9. The van der Waals surface area contributed by atoms with E-state index in [-0.39, 0.29) is 12.8 Å². The first-order valence-electron chi connectivity index (χ1n) is 25.0. The van der Waals surface area contributed by atoms with Gasteiger partial charge in [0.15, 0.2) is 0 Å². The third-order valence-corrected chi connectivity index (χ3v) is 12.4. The normalized spacial score (nSPS) is 21.7. The fourth-order valence-electron chi connectivity index (χ4n) is 8.09. The molecule has 0 aliphatic carbocycles. The van der Waals surface area contributed by atoms with Gasteiger partial charge in [0.1, 0.15) is 55.5 Å². The number of carbonyl (C=O) groups is 9. The van der Waals surface area contributed by atoms with Crippen LogP contribution in [-0.4, -0.2) is 114 Å². The van der Waals surface area contributed by atoms with Crippen molar-refractivity contribution in [2.24, 2.45) is 11.8 Å². The van der Waals surface area contributed by atoms with Gasteiger partial charge in [-0.05, 0) is 59.2 Å². The maximum Gasteiger partial charge on any atom is 0.330 e. The van der Waals surface area contributed by atoms with E-state index in [2.05, 4.69) is 42.2 Å². The second-order valence-electron chi connectivity index (χ2n) is 18.9. The van der Waals surface area contributed by atoms with E-state index in [1.165, 1.54) is 19.1 Å². The van der Waals surface area contributed by atoms with E-state index in [1.807, 2.05) is 0 Å². The number of fused-ring (bicyclic) bond motifs is 1. The first kappa shape index (κ1) is 56.4. The summed E-state index contributed by atoms with van der Waals surface area (Å²) in [5.74, 6) is -9.11. The second-order valence-corrected chi connectivity index (χ2v) is 18.9. The van der Waals surface area contributed by atoms with Gasteiger partial charge in [0.25, 0.3) is 0 Å². The molecule has 0 unspecified atom stereocenters. The number of benzene rings is 4. The maximum absolute atomic E-state index is 14.7. The number of aromatic nitrogens is 1. The highest BCUT2D eigenvalue weighted by molar-refractivity contribution is 5.99. The van der Waals surface area contributed by atoms with Crippen molar-refractivity contribution in [3.63, 3.8) is 0 Å². The van der Waals surface area contributed by atoms with Crippen LogP contribution in [-0.2, 0) is 65.5 Å². The van der Waals surface area contributed by atoms with Crippen LogP contribution in [0.2, 0.25) is 0 Å². The van der Waals surface area contributed by atoms with Crippen LogP contribution in [0.25, 0.3) is 23.1 Å². The summed E-state index contributed by atoms with van der Waals surface area (Å²) in [7, 11) is 0. The highest BCUT2D eigenvalue weighted by Gasteiger charge is 2.37. The minimum absolute atomic E-state index is 0.0413. The quantitative estimate of drug-likeness (QED) is 0.0591. The summed E-state index contributed by atoms with van der Waals surface area (Å²) in [6.07, 6.45) is 6.64. The summed E-state index contributed by atoms with van der Waals surface area (Å²) >= 11 is 0. The van der Waals surface area contributed by atoms with E-state index >= 15 is 0 Å². The molecule has 2 heterocycles. The summed E-state index contributed by atoms with van der Waals surface area (Å²) in [6, 6.07) is 23.5. The van der Waals surface area contributed by atoms with Crippen LogP contribution < -0.4 is 37.2 Å². The van der Waals surface area contributed by atoms with Crippen molar-refractivity contribution in [3.8, 4) is 0 Å². The number of nitrogens with one attached hydrogen (secondary N) is 8. The lowest BCUT2D eigenvalue weighted by molar-refractivity contribution is -0.143. The van der Waals surface area contributed by atoms with Crippen molar-refractivity contribution in [2.75, 3.05) is 13.2 Å².